The highest BCUT2D eigenvalue weighted by atomic mass is 35.5. The van der Waals surface area contributed by atoms with Gasteiger partial charge in [-0.3, -0.25) is 4.90 Å². The second kappa shape index (κ2) is 6.54. The largest absolute Gasteiger partial charge is 0.478 e. The number of likely N-dealkylation sites (N-methyl/N-ethyl adjacent to an activating group) is 1. The zero-order valence-electron chi connectivity index (χ0n) is 12.4. The van der Waals surface area contributed by atoms with Gasteiger partial charge in [0.15, 0.2) is 0 Å². The van der Waals surface area contributed by atoms with E-state index in [4.69, 9.17) is 16.7 Å². The first kappa shape index (κ1) is 17.2. The summed E-state index contributed by atoms with van der Waals surface area (Å²) >= 11 is 5.90. The number of aromatic carboxylic acids is 1. The lowest BCUT2D eigenvalue weighted by Crippen LogP contribution is -2.41. The minimum atomic E-state index is -3.77. The average molecular weight is 347 g/mol. The minimum Gasteiger partial charge on any atom is -0.478 e. The lowest BCUT2D eigenvalue weighted by atomic mass is 10.2. The van der Waals surface area contributed by atoms with Crippen molar-refractivity contribution >= 4 is 27.6 Å². The zero-order valence-corrected chi connectivity index (χ0v) is 14.0. The van der Waals surface area contributed by atoms with Gasteiger partial charge < -0.3 is 5.11 Å². The van der Waals surface area contributed by atoms with Crippen LogP contribution in [0.2, 0.25) is 5.02 Å². The molecule has 6 nitrogen and oxygen atoms in total. The van der Waals surface area contributed by atoms with E-state index in [2.05, 4.69) is 9.62 Å². The van der Waals surface area contributed by atoms with Gasteiger partial charge in [0.25, 0.3) is 0 Å². The van der Waals surface area contributed by atoms with Crippen LogP contribution in [0.25, 0.3) is 0 Å². The molecule has 22 heavy (non-hydrogen) atoms. The highest BCUT2D eigenvalue weighted by Crippen LogP contribution is 2.27. The van der Waals surface area contributed by atoms with E-state index in [0.29, 0.717) is 6.04 Å². The van der Waals surface area contributed by atoms with Gasteiger partial charge in [0, 0.05) is 18.6 Å². The molecule has 1 aliphatic rings. The van der Waals surface area contributed by atoms with Gasteiger partial charge in [-0.15, -0.1) is 0 Å². The zero-order chi connectivity index (χ0) is 16.5. The molecule has 1 atom stereocenters. The number of carboxylic acids is 1. The highest BCUT2D eigenvalue weighted by molar-refractivity contribution is 7.89. The maximum absolute atomic E-state index is 12.3. The monoisotopic (exact) mass is 346 g/mol. The van der Waals surface area contributed by atoms with Crippen LogP contribution in [0.4, 0.5) is 0 Å². The second-order valence-corrected chi connectivity index (χ2v) is 7.69. The Kier molecular flexibility index (Phi) is 5.11. The Balaban J connectivity index is 2.08. The number of benzene rings is 1. The average Bonchev–Trinajstić information content (AvgIpc) is 3.28. The second-order valence-electron chi connectivity index (χ2n) is 5.55. The molecule has 122 valence electrons. The van der Waals surface area contributed by atoms with Crippen molar-refractivity contribution in [3.05, 3.63) is 28.8 Å². The molecule has 1 aromatic rings. The smallest absolute Gasteiger partial charge is 0.335 e. The van der Waals surface area contributed by atoms with Crippen molar-refractivity contribution < 1.29 is 18.3 Å². The Bertz CT molecular complexity index is 673. The summed E-state index contributed by atoms with van der Waals surface area (Å²) in [6, 6.07) is 4.18. The number of carbonyl (C=O) groups is 1. The van der Waals surface area contributed by atoms with Crippen molar-refractivity contribution in [3.63, 3.8) is 0 Å². The molecule has 0 spiro atoms. The van der Waals surface area contributed by atoms with Gasteiger partial charge in [-0.05, 0) is 45.0 Å². The van der Waals surface area contributed by atoms with Crippen LogP contribution >= 0.6 is 11.6 Å². The van der Waals surface area contributed by atoms with Crippen LogP contribution in [-0.4, -0.2) is 50.1 Å². The molecule has 0 aromatic heterocycles. The van der Waals surface area contributed by atoms with Crippen LogP contribution in [0.15, 0.2) is 23.1 Å². The summed E-state index contributed by atoms with van der Waals surface area (Å²) in [6.07, 6.45) is 2.30. The third kappa shape index (κ3) is 3.98. The van der Waals surface area contributed by atoms with Crippen molar-refractivity contribution in [2.24, 2.45) is 0 Å². The summed E-state index contributed by atoms with van der Waals surface area (Å²) in [7, 11) is -1.79. The fourth-order valence-electron chi connectivity index (χ4n) is 2.15. The van der Waals surface area contributed by atoms with Crippen LogP contribution in [0.5, 0.6) is 0 Å². The molecule has 1 aromatic carbocycles. The fourth-order valence-corrected chi connectivity index (χ4v) is 3.81. The predicted molar refractivity (Wildman–Crippen MR) is 83.8 cm³/mol. The molecule has 0 aliphatic heterocycles. The number of hydrogen-bond donors (Lipinski definition) is 2. The lowest BCUT2D eigenvalue weighted by molar-refractivity contribution is 0.0696. The topological polar surface area (TPSA) is 86.7 Å². The van der Waals surface area contributed by atoms with Crippen molar-refractivity contribution in [2.45, 2.75) is 36.7 Å². The predicted octanol–water partition coefficient (Wildman–Crippen LogP) is 1.80. The van der Waals surface area contributed by atoms with Crippen LogP contribution in [-0.2, 0) is 10.0 Å². The maximum Gasteiger partial charge on any atom is 0.335 e. The van der Waals surface area contributed by atoms with Gasteiger partial charge in [0.2, 0.25) is 10.0 Å². The maximum atomic E-state index is 12.3. The first-order valence-corrected chi connectivity index (χ1v) is 8.83. The third-order valence-corrected chi connectivity index (χ3v) is 5.76. The van der Waals surface area contributed by atoms with E-state index in [0.717, 1.165) is 18.9 Å². The molecule has 1 saturated carbocycles. The van der Waals surface area contributed by atoms with Crippen LogP contribution in [0.3, 0.4) is 0 Å². The summed E-state index contributed by atoms with van der Waals surface area (Å²) in [5.41, 5.74) is -0.0502. The summed E-state index contributed by atoms with van der Waals surface area (Å²) in [4.78, 5) is 12.9. The summed E-state index contributed by atoms with van der Waals surface area (Å²) in [5, 5.41) is 8.77. The van der Waals surface area contributed by atoms with Crippen molar-refractivity contribution in [3.8, 4) is 0 Å². The standard InChI is InChI=1S/C14H19ClN2O4S/c1-9(17(2)11-4-5-11)8-16-22(20,21)13-6-3-10(14(18)19)7-12(13)15/h3,6-7,9,11,16H,4-5,8H2,1-2H3,(H,18,19). The molecule has 1 unspecified atom stereocenters. The summed E-state index contributed by atoms with van der Waals surface area (Å²) in [5.74, 6) is -1.15. The Morgan fingerprint density at radius 3 is 2.64 bits per heavy atom. The Morgan fingerprint density at radius 2 is 2.14 bits per heavy atom. The number of sulfonamides is 1. The van der Waals surface area contributed by atoms with E-state index in [1.165, 1.54) is 12.1 Å². The van der Waals surface area contributed by atoms with E-state index < -0.39 is 16.0 Å². The molecule has 1 fully saturated rings. The molecule has 0 radical (unpaired) electrons. The quantitative estimate of drug-likeness (QED) is 0.786. The number of rotatable bonds is 7. The molecule has 2 N–H and O–H groups in total. The van der Waals surface area contributed by atoms with E-state index in [1.807, 2.05) is 14.0 Å². The molecule has 1 aliphatic carbocycles. The van der Waals surface area contributed by atoms with Gasteiger partial charge in [-0.1, -0.05) is 11.6 Å². The minimum absolute atomic E-state index is 0.0502. The van der Waals surface area contributed by atoms with Crippen molar-refractivity contribution in [1.82, 2.24) is 9.62 Å². The fraction of sp³-hybridized carbons (Fsp3) is 0.500. The molecule has 0 heterocycles. The van der Waals surface area contributed by atoms with Crippen LogP contribution in [0, 0.1) is 0 Å². The number of halogens is 1. The molecule has 2 rings (SSSR count). The summed E-state index contributed by atoms with van der Waals surface area (Å²) in [6.45, 7) is 2.22. The molecular weight excluding hydrogens is 328 g/mol. The number of nitrogens with zero attached hydrogens (tertiary/aromatic N) is 1. The number of hydrogen-bond acceptors (Lipinski definition) is 4. The molecular formula is C14H19ClN2O4S. The Labute approximate surface area is 135 Å². The van der Waals surface area contributed by atoms with E-state index in [1.54, 1.807) is 0 Å². The van der Waals surface area contributed by atoms with E-state index in [9.17, 15) is 13.2 Å². The Hall–Kier alpha value is -1.15. The molecule has 8 heteroatoms. The Morgan fingerprint density at radius 1 is 1.50 bits per heavy atom. The third-order valence-electron chi connectivity index (χ3n) is 3.86. The summed E-state index contributed by atoms with van der Waals surface area (Å²) < 4.78 is 27.1. The van der Waals surface area contributed by atoms with E-state index >= 15 is 0 Å². The number of nitrogens with one attached hydrogen (secondary N) is 1. The first-order valence-electron chi connectivity index (χ1n) is 6.97. The van der Waals surface area contributed by atoms with Gasteiger partial charge in [-0.25, -0.2) is 17.9 Å². The van der Waals surface area contributed by atoms with Crippen LogP contribution < -0.4 is 4.72 Å². The van der Waals surface area contributed by atoms with Gasteiger partial charge >= 0.3 is 5.97 Å². The SMILES string of the molecule is CC(CNS(=O)(=O)c1ccc(C(=O)O)cc1Cl)N(C)C1CC1. The molecule has 0 amide bonds. The van der Waals surface area contributed by atoms with Crippen molar-refractivity contribution in [1.29, 1.82) is 0 Å². The molecule has 0 saturated heterocycles. The normalized spacial score (nSPS) is 16.7. The van der Waals surface area contributed by atoms with E-state index in [-0.39, 0.29) is 28.1 Å². The highest BCUT2D eigenvalue weighted by Gasteiger charge is 2.30. The van der Waals surface area contributed by atoms with Gasteiger partial charge in [-0.2, -0.15) is 0 Å². The number of carboxylic acid groups (broad SMARTS) is 1. The molecule has 0 bridgehead atoms. The van der Waals surface area contributed by atoms with Gasteiger partial charge in [0.05, 0.1) is 10.6 Å². The lowest BCUT2D eigenvalue weighted by Gasteiger charge is -2.24. The van der Waals surface area contributed by atoms with Gasteiger partial charge in [0.1, 0.15) is 4.90 Å². The first-order chi connectivity index (χ1) is 10.2. The van der Waals surface area contributed by atoms with Crippen molar-refractivity contribution in [2.75, 3.05) is 13.6 Å². The van der Waals surface area contributed by atoms with Crippen LogP contribution in [0.1, 0.15) is 30.1 Å².